The van der Waals surface area contributed by atoms with E-state index in [0.29, 0.717) is 42.3 Å². The van der Waals surface area contributed by atoms with Crippen LogP contribution in [0.2, 0.25) is 0 Å². The van der Waals surface area contributed by atoms with E-state index in [2.05, 4.69) is 4.98 Å². The number of nitrogens with zero attached hydrogens (tertiary/aromatic N) is 3. The van der Waals surface area contributed by atoms with Crippen LogP contribution in [0.25, 0.3) is 0 Å². The Balaban J connectivity index is 1.73. The molecule has 2 aromatic rings. The van der Waals surface area contributed by atoms with Crippen LogP contribution >= 0.6 is 11.3 Å². The smallest absolute Gasteiger partial charge is 0.255 e. The van der Waals surface area contributed by atoms with Gasteiger partial charge in [-0.25, -0.2) is 8.42 Å². The summed E-state index contributed by atoms with van der Waals surface area (Å²) < 4.78 is 27.2. The van der Waals surface area contributed by atoms with Gasteiger partial charge < -0.3 is 4.90 Å². The van der Waals surface area contributed by atoms with Gasteiger partial charge >= 0.3 is 0 Å². The van der Waals surface area contributed by atoms with Crippen molar-refractivity contribution in [3.8, 4) is 0 Å². The topological polar surface area (TPSA) is 70.6 Å². The molecule has 0 saturated carbocycles. The van der Waals surface area contributed by atoms with E-state index in [0.717, 1.165) is 15.4 Å². The monoisotopic (exact) mass is 393 g/mol. The highest BCUT2D eigenvalue weighted by atomic mass is 32.2. The van der Waals surface area contributed by atoms with Crippen molar-refractivity contribution in [3.05, 3.63) is 44.9 Å². The number of aryl methyl sites for hydroxylation is 4. The van der Waals surface area contributed by atoms with E-state index in [4.69, 9.17) is 0 Å². The molecule has 140 valence electrons. The van der Waals surface area contributed by atoms with Gasteiger partial charge in [-0.3, -0.25) is 9.78 Å². The van der Waals surface area contributed by atoms with Crippen molar-refractivity contribution in [2.75, 3.05) is 26.2 Å². The summed E-state index contributed by atoms with van der Waals surface area (Å²) in [5.41, 5.74) is 2.15. The van der Waals surface area contributed by atoms with Crippen LogP contribution in [0.4, 0.5) is 0 Å². The van der Waals surface area contributed by atoms with E-state index >= 15 is 0 Å². The first-order valence-corrected chi connectivity index (χ1v) is 10.8. The van der Waals surface area contributed by atoms with Crippen LogP contribution < -0.4 is 0 Å². The number of sulfonamides is 1. The highest BCUT2D eigenvalue weighted by Gasteiger charge is 2.32. The van der Waals surface area contributed by atoms with Crippen molar-refractivity contribution in [2.24, 2.45) is 0 Å². The molecule has 0 radical (unpaired) electrons. The van der Waals surface area contributed by atoms with E-state index in [1.807, 2.05) is 33.8 Å². The minimum atomic E-state index is -3.51. The lowest BCUT2D eigenvalue weighted by Crippen LogP contribution is -2.50. The molecule has 26 heavy (non-hydrogen) atoms. The molecule has 1 aliphatic rings. The molecular formula is C18H23N3O3S2. The normalized spacial score (nSPS) is 16.1. The van der Waals surface area contributed by atoms with Gasteiger partial charge in [-0.05, 0) is 45.9 Å². The Morgan fingerprint density at radius 2 is 1.73 bits per heavy atom. The van der Waals surface area contributed by atoms with Crippen LogP contribution in [0, 0.1) is 27.7 Å². The van der Waals surface area contributed by atoms with E-state index in [9.17, 15) is 13.2 Å². The lowest BCUT2D eigenvalue weighted by atomic mass is 10.1. The highest BCUT2D eigenvalue weighted by Crippen LogP contribution is 2.28. The number of thiophene rings is 1. The number of piperazine rings is 1. The third-order valence-electron chi connectivity index (χ3n) is 4.59. The third-order valence-corrected chi connectivity index (χ3v) is 7.71. The van der Waals surface area contributed by atoms with Crippen molar-refractivity contribution in [1.29, 1.82) is 0 Å². The molecule has 2 aromatic heterocycles. The summed E-state index contributed by atoms with van der Waals surface area (Å²) in [6.45, 7) is 8.83. The van der Waals surface area contributed by atoms with Crippen molar-refractivity contribution < 1.29 is 13.2 Å². The van der Waals surface area contributed by atoms with Gasteiger partial charge in [0, 0.05) is 41.6 Å². The second kappa shape index (κ2) is 7.09. The van der Waals surface area contributed by atoms with Crippen molar-refractivity contribution in [3.63, 3.8) is 0 Å². The maximum absolute atomic E-state index is 12.9. The molecule has 0 unspecified atom stereocenters. The van der Waals surface area contributed by atoms with Gasteiger partial charge in [-0.1, -0.05) is 0 Å². The van der Waals surface area contributed by atoms with E-state index in [1.165, 1.54) is 15.6 Å². The first-order valence-electron chi connectivity index (χ1n) is 8.51. The van der Waals surface area contributed by atoms with Gasteiger partial charge in [0.1, 0.15) is 0 Å². The Hall–Kier alpha value is -1.77. The molecule has 1 fully saturated rings. The summed E-state index contributed by atoms with van der Waals surface area (Å²) in [6, 6.07) is 5.34. The van der Waals surface area contributed by atoms with Crippen molar-refractivity contribution >= 4 is 27.3 Å². The minimum absolute atomic E-state index is 0.0883. The number of hydrogen-bond donors (Lipinski definition) is 0. The Kier molecular flexibility index (Phi) is 5.18. The van der Waals surface area contributed by atoms with Crippen LogP contribution in [0.15, 0.2) is 23.1 Å². The molecule has 1 saturated heterocycles. The molecule has 3 heterocycles. The van der Waals surface area contributed by atoms with Gasteiger partial charge in [0.15, 0.2) is 0 Å². The summed E-state index contributed by atoms with van der Waals surface area (Å²) in [7, 11) is -3.51. The summed E-state index contributed by atoms with van der Waals surface area (Å²) in [5.74, 6) is -0.0883. The number of hydrogen-bond acceptors (Lipinski definition) is 5. The Bertz CT molecular complexity index is 943. The van der Waals surface area contributed by atoms with E-state index in [1.54, 1.807) is 17.0 Å². The van der Waals surface area contributed by atoms with Gasteiger partial charge in [-0.2, -0.15) is 4.31 Å². The third kappa shape index (κ3) is 3.54. The molecule has 8 heteroatoms. The lowest BCUT2D eigenvalue weighted by molar-refractivity contribution is 0.0696. The quantitative estimate of drug-likeness (QED) is 0.803. The average molecular weight is 394 g/mol. The zero-order valence-corrected chi connectivity index (χ0v) is 17.1. The molecule has 0 aliphatic carbocycles. The van der Waals surface area contributed by atoms with Gasteiger partial charge in [-0.15, -0.1) is 11.3 Å². The summed E-state index contributed by atoms with van der Waals surface area (Å²) in [5, 5.41) is 0. The first kappa shape index (κ1) is 19.0. The first-order chi connectivity index (χ1) is 12.2. The predicted molar refractivity (Wildman–Crippen MR) is 102 cm³/mol. The number of rotatable bonds is 3. The molecular weight excluding hydrogens is 370 g/mol. The second-order valence-electron chi connectivity index (χ2n) is 6.56. The largest absolute Gasteiger partial charge is 0.336 e. The molecule has 0 spiro atoms. The Labute approximate surface area is 158 Å². The number of aromatic nitrogens is 1. The maximum Gasteiger partial charge on any atom is 0.255 e. The molecule has 6 nitrogen and oxygen atoms in total. The fourth-order valence-electron chi connectivity index (χ4n) is 3.22. The van der Waals surface area contributed by atoms with Gasteiger partial charge in [0.05, 0.1) is 16.2 Å². The van der Waals surface area contributed by atoms with Crippen molar-refractivity contribution in [2.45, 2.75) is 32.6 Å². The van der Waals surface area contributed by atoms with Crippen LogP contribution in [-0.2, 0) is 10.0 Å². The predicted octanol–water partition coefficient (Wildman–Crippen LogP) is 2.52. The minimum Gasteiger partial charge on any atom is -0.336 e. The van der Waals surface area contributed by atoms with Gasteiger partial charge in [0.25, 0.3) is 5.91 Å². The number of carbonyl (C=O) groups is 1. The summed E-state index contributed by atoms with van der Waals surface area (Å²) in [6.07, 6.45) is 0. The van der Waals surface area contributed by atoms with Crippen molar-refractivity contribution in [1.82, 2.24) is 14.2 Å². The Morgan fingerprint density at radius 1 is 1.08 bits per heavy atom. The molecule has 3 rings (SSSR count). The average Bonchev–Trinajstić information content (AvgIpc) is 2.93. The molecule has 0 atom stereocenters. The van der Waals surface area contributed by atoms with Crippen LogP contribution in [0.3, 0.4) is 0 Å². The van der Waals surface area contributed by atoms with E-state index < -0.39 is 10.0 Å². The van der Waals surface area contributed by atoms with Crippen LogP contribution in [0.5, 0.6) is 0 Å². The fraction of sp³-hybridized carbons (Fsp3) is 0.444. The van der Waals surface area contributed by atoms with Gasteiger partial charge in [0.2, 0.25) is 10.0 Å². The van der Waals surface area contributed by atoms with E-state index in [-0.39, 0.29) is 5.91 Å². The number of carbonyl (C=O) groups excluding carboxylic acids is 1. The maximum atomic E-state index is 12.9. The molecule has 0 bridgehead atoms. The standard InChI is InChI=1S/C18H23N3O3S2/c1-12-5-6-16(14(3)19-12)18(22)20-7-9-21(10-8-20)26(23,24)17-11-13(2)25-15(17)4/h5-6,11H,7-10H2,1-4H3. The zero-order valence-electron chi connectivity index (χ0n) is 15.4. The fourth-order valence-corrected chi connectivity index (χ4v) is 6.16. The second-order valence-corrected chi connectivity index (χ2v) is 9.93. The number of amides is 1. The molecule has 1 aliphatic heterocycles. The Morgan fingerprint density at radius 3 is 2.27 bits per heavy atom. The molecule has 0 aromatic carbocycles. The zero-order chi connectivity index (χ0) is 19.1. The summed E-state index contributed by atoms with van der Waals surface area (Å²) in [4.78, 5) is 21.0. The van der Waals surface area contributed by atoms with Crippen LogP contribution in [-0.4, -0.2) is 54.7 Å². The number of pyridine rings is 1. The van der Waals surface area contributed by atoms with Crippen LogP contribution in [0.1, 0.15) is 31.5 Å². The highest BCUT2D eigenvalue weighted by molar-refractivity contribution is 7.89. The summed E-state index contributed by atoms with van der Waals surface area (Å²) >= 11 is 1.49. The SMILES string of the molecule is Cc1ccc(C(=O)N2CCN(S(=O)(=O)c3cc(C)sc3C)CC2)c(C)n1. The molecule has 1 amide bonds. The molecule has 0 N–H and O–H groups in total. The lowest BCUT2D eigenvalue weighted by Gasteiger charge is -2.34.